The number of aromatic nitrogens is 2. The summed E-state index contributed by atoms with van der Waals surface area (Å²) in [4.78, 5) is 20.0. The minimum Gasteiger partial charge on any atom is -0.478 e. The summed E-state index contributed by atoms with van der Waals surface area (Å²) in [5, 5.41) is 9.53. The molecule has 0 unspecified atom stereocenters. The zero-order valence-electron chi connectivity index (χ0n) is 8.16. The zero-order chi connectivity index (χ0) is 11.4. The predicted molar refractivity (Wildman–Crippen MR) is 62.9 cm³/mol. The summed E-state index contributed by atoms with van der Waals surface area (Å²) in [5.41, 5.74) is 2.04. The highest BCUT2D eigenvalue weighted by Crippen LogP contribution is 2.23. The van der Waals surface area contributed by atoms with Gasteiger partial charge in [-0.25, -0.2) is 9.78 Å². The van der Waals surface area contributed by atoms with Crippen LogP contribution in [0.2, 0.25) is 0 Å². The smallest absolute Gasteiger partial charge is 0.335 e. The fourth-order valence-corrected chi connectivity index (χ4v) is 2.62. The molecule has 16 heavy (non-hydrogen) atoms. The van der Waals surface area contributed by atoms with Gasteiger partial charge in [0.1, 0.15) is 0 Å². The molecular formula is C10H8N2O2S2. The molecule has 0 aliphatic heterocycles. The van der Waals surface area contributed by atoms with Crippen LogP contribution in [0.1, 0.15) is 15.2 Å². The van der Waals surface area contributed by atoms with Crippen LogP contribution in [0.4, 0.5) is 0 Å². The fourth-order valence-electron chi connectivity index (χ4n) is 1.08. The standard InChI is InChI=1S/C10H8N2O2S2/c13-10(14)7-1-2-12-9(3-7)15-5-8-4-11-6-16-8/h1-4,6H,5H2,(H,13,14). The molecule has 2 aromatic heterocycles. The van der Waals surface area contributed by atoms with Crippen molar-refractivity contribution in [1.82, 2.24) is 9.97 Å². The van der Waals surface area contributed by atoms with Gasteiger partial charge in [0.05, 0.1) is 16.1 Å². The number of thiazole rings is 1. The number of hydrogen-bond donors (Lipinski definition) is 1. The maximum absolute atomic E-state index is 10.7. The molecule has 2 rings (SSSR count). The molecule has 0 saturated carbocycles. The van der Waals surface area contributed by atoms with E-state index in [9.17, 15) is 4.79 Å². The first-order chi connectivity index (χ1) is 7.75. The number of pyridine rings is 1. The van der Waals surface area contributed by atoms with Crippen molar-refractivity contribution in [3.05, 3.63) is 40.5 Å². The van der Waals surface area contributed by atoms with E-state index in [2.05, 4.69) is 9.97 Å². The Morgan fingerprint density at radius 2 is 2.44 bits per heavy atom. The normalized spacial score (nSPS) is 10.2. The van der Waals surface area contributed by atoms with Gasteiger partial charge in [-0.1, -0.05) is 0 Å². The van der Waals surface area contributed by atoms with Crippen LogP contribution in [0.5, 0.6) is 0 Å². The molecule has 4 nitrogen and oxygen atoms in total. The number of aromatic carboxylic acids is 1. The summed E-state index contributed by atoms with van der Waals surface area (Å²) in [6, 6.07) is 3.06. The van der Waals surface area contributed by atoms with Crippen LogP contribution < -0.4 is 0 Å². The van der Waals surface area contributed by atoms with E-state index in [0.717, 1.165) is 10.6 Å². The molecule has 0 radical (unpaired) electrons. The van der Waals surface area contributed by atoms with E-state index in [0.29, 0.717) is 5.03 Å². The van der Waals surface area contributed by atoms with E-state index < -0.39 is 5.97 Å². The molecule has 82 valence electrons. The first kappa shape index (κ1) is 11.1. The lowest BCUT2D eigenvalue weighted by atomic mass is 10.3. The van der Waals surface area contributed by atoms with Crippen LogP contribution in [-0.4, -0.2) is 21.0 Å². The van der Waals surface area contributed by atoms with Gasteiger partial charge in [0, 0.05) is 23.0 Å². The molecule has 1 N–H and O–H groups in total. The first-order valence-corrected chi connectivity index (χ1v) is 6.32. The van der Waals surface area contributed by atoms with Gasteiger partial charge >= 0.3 is 5.97 Å². The van der Waals surface area contributed by atoms with E-state index in [-0.39, 0.29) is 5.56 Å². The van der Waals surface area contributed by atoms with Gasteiger partial charge in [0.25, 0.3) is 0 Å². The van der Waals surface area contributed by atoms with E-state index >= 15 is 0 Å². The topological polar surface area (TPSA) is 63.1 Å². The summed E-state index contributed by atoms with van der Waals surface area (Å²) < 4.78 is 0. The molecule has 0 aliphatic rings. The van der Waals surface area contributed by atoms with Crippen LogP contribution in [0.25, 0.3) is 0 Å². The van der Waals surface area contributed by atoms with Gasteiger partial charge in [0.2, 0.25) is 0 Å². The third-order valence-corrected chi connectivity index (χ3v) is 3.76. The Kier molecular flexibility index (Phi) is 3.53. The van der Waals surface area contributed by atoms with Crippen LogP contribution in [-0.2, 0) is 5.75 Å². The van der Waals surface area contributed by atoms with Gasteiger partial charge in [-0.05, 0) is 12.1 Å². The fraction of sp³-hybridized carbons (Fsp3) is 0.100. The number of carboxylic acid groups (broad SMARTS) is 1. The number of carboxylic acids is 1. The average molecular weight is 252 g/mol. The van der Waals surface area contributed by atoms with Crippen molar-refractivity contribution in [3.63, 3.8) is 0 Å². The van der Waals surface area contributed by atoms with Crippen molar-refractivity contribution >= 4 is 29.1 Å². The number of thioether (sulfide) groups is 1. The summed E-state index contributed by atoms with van der Waals surface area (Å²) in [6.45, 7) is 0. The molecule has 6 heteroatoms. The lowest BCUT2D eigenvalue weighted by molar-refractivity contribution is 0.0696. The Morgan fingerprint density at radius 1 is 1.56 bits per heavy atom. The Hall–Kier alpha value is -1.40. The molecule has 2 aromatic rings. The third kappa shape index (κ3) is 2.80. The second-order valence-corrected chi connectivity index (χ2v) is 4.91. The van der Waals surface area contributed by atoms with Gasteiger partial charge < -0.3 is 5.11 Å². The molecule has 0 bridgehead atoms. The van der Waals surface area contributed by atoms with E-state index in [1.54, 1.807) is 29.1 Å². The molecule has 0 atom stereocenters. The van der Waals surface area contributed by atoms with Gasteiger partial charge in [-0.3, -0.25) is 4.98 Å². The summed E-state index contributed by atoms with van der Waals surface area (Å²) in [5.74, 6) is -0.164. The molecule has 2 heterocycles. The maximum atomic E-state index is 10.7. The summed E-state index contributed by atoms with van der Waals surface area (Å²) in [7, 11) is 0. The Bertz CT molecular complexity index is 485. The minimum absolute atomic E-state index is 0.266. The highest BCUT2D eigenvalue weighted by atomic mass is 32.2. The molecule has 0 aromatic carbocycles. The predicted octanol–water partition coefficient (Wildman–Crippen LogP) is 2.53. The highest BCUT2D eigenvalue weighted by Gasteiger charge is 2.05. The van der Waals surface area contributed by atoms with Gasteiger partial charge in [-0.15, -0.1) is 23.1 Å². The van der Waals surface area contributed by atoms with Crippen LogP contribution in [0, 0.1) is 0 Å². The molecule has 0 fully saturated rings. The average Bonchev–Trinajstić information content (AvgIpc) is 2.79. The third-order valence-electron chi connectivity index (χ3n) is 1.83. The van der Waals surface area contributed by atoms with Crippen LogP contribution in [0.3, 0.4) is 0 Å². The van der Waals surface area contributed by atoms with Crippen molar-refractivity contribution in [2.75, 3.05) is 0 Å². The molecule has 0 spiro atoms. The Labute approximate surface area is 100 Å². The summed E-state index contributed by atoms with van der Waals surface area (Å²) in [6.07, 6.45) is 3.32. The lowest BCUT2D eigenvalue weighted by Crippen LogP contribution is -1.96. The molecule has 0 aliphatic carbocycles. The van der Waals surface area contributed by atoms with Crippen molar-refractivity contribution in [2.24, 2.45) is 0 Å². The second kappa shape index (κ2) is 5.09. The number of carbonyl (C=O) groups is 1. The van der Waals surface area contributed by atoms with Crippen molar-refractivity contribution in [2.45, 2.75) is 10.8 Å². The van der Waals surface area contributed by atoms with Gasteiger partial charge in [-0.2, -0.15) is 0 Å². The largest absolute Gasteiger partial charge is 0.478 e. The van der Waals surface area contributed by atoms with Crippen LogP contribution >= 0.6 is 23.1 Å². The number of hydrogen-bond acceptors (Lipinski definition) is 5. The van der Waals surface area contributed by atoms with E-state index in [1.165, 1.54) is 24.0 Å². The first-order valence-electron chi connectivity index (χ1n) is 4.45. The van der Waals surface area contributed by atoms with Crippen molar-refractivity contribution in [3.8, 4) is 0 Å². The van der Waals surface area contributed by atoms with Crippen molar-refractivity contribution < 1.29 is 9.90 Å². The van der Waals surface area contributed by atoms with Crippen LogP contribution in [0.15, 0.2) is 35.1 Å². The Balaban J connectivity index is 2.04. The quantitative estimate of drug-likeness (QED) is 0.847. The zero-order valence-corrected chi connectivity index (χ0v) is 9.79. The lowest BCUT2D eigenvalue weighted by Gasteiger charge is -1.99. The van der Waals surface area contributed by atoms with Crippen molar-refractivity contribution in [1.29, 1.82) is 0 Å². The number of rotatable bonds is 4. The van der Waals surface area contributed by atoms with E-state index in [1.807, 2.05) is 0 Å². The van der Waals surface area contributed by atoms with Gasteiger partial charge in [0.15, 0.2) is 0 Å². The maximum Gasteiger partial charge on any atom is 0.335 e. The van der Waals surface area contributed by atoms with E-state index in [4.69, 9.17) is 5.11 Å². The molecule has 0 amide bonds. The Morgan fingerprint density at radius 3 is 3.12 bits per heavy atom. The second-order valence-electron chi connectivity index (χ2n) is 2.94. The SMILES string of the molecule is O=C(O)c1ccnc(SCc2cncs2)c1. The molecular weight excluding hydrogens is 244 g/mol. The molecule has 0 saturated heterocycles. The number of nitrogens with zero attached hydrogens (tertiary/aromatic N) is 2. The minimum atomic E-state index is -0.929. The summed E-state index contributed by atoms with van der Waals surface area (Å²) >= 11 is 3.08. The monoisotopic (exact) mass is 252 g/mol. The highest BCUT2D eigenvalue weighted by molar-refractivity contribution is 7.98.